The molecule has 18 heavy (non-hydrogen) atoms. The number of rotatable bonds is 5. The Morgan fingerprint density at radius 1 is 1.56 bits per heavy atom. The molecule has 0 aromatic heterocycles. The first-order valence-corrected chi connectivity index (χ1v) is 7.17. The van der Waals surface area contributed by atoms with Crippen molar-refractivity contribution in [3.8, 4) is 0 Å². The summed E-state index contributed by atoms with van der Waals surface area (Å²) in [4.78, 5) is 11.2. The lowest BCUT2D eigenvalue weighted by molar-refractivity contribution is -0.144. The first-order valence-electron chi connectivity index (χ1n) is 5.30. The summed E-state index contributed by atoms with van der Waals surface area (Å²) >= 11 is 5.55. The van der Waals surface area contributed by atoms with E-state index in [4.69, 9.17) is 11.6 Å². The maximum absolute atomic E-state index is 13.2. The number of methoxy groups -OCH3 is 1. The molecule has 0 heterocycles. The second-order valence-corrected chi connectivity index (χ2v) is 5.83. The van der Waals surface area contributed by atoms with Gasteiger partial charge in [-0.3, -0.25) is 9.00 Å². The lowest BCUT2D eigenvalue weighted by Gasteiger charge is -2.09. The minimum Gasteiger partial charge on any atom is -0.469 e. The summed E-state index contributed by atoms with van der Waals surface area (Å²) in [6.07, 6.45) is 0. The van der Waals surface area contributed by atoms with Gasteiger partial charge in [0.05, 0.1) is 18.1 Å². The number of esters is 1. The highest BCUT2D eigenvalue weighted by Gasteiger charge is 2.16. The molecule has 0 N–H and O–H groups in total. The van der Waals surface area contributed by atoms with Gasteiger partial charge in [-0.2, -0.15) is 0 Å². The van der Waals surface area contributed by atoms with Gasteiger partial charge in [-0.05, 0) is 17.7 Å². The van der Waals surface area contributed by atoms with E-state index >= 15 is 0 Å². The predicted molar refractivity (Wildman–Crippen MR) is 69.3 cm³/mol. The van der Waals surface area contributed by atoms with Gasteiger partial charge in [0.2, 0.25) is 0 Å². The highest BCUT2D eigenvalue weighted by molar-refractivity contribution is 7.84. The largest absolute Gasteiger partial charge is 0.469 e. The summed E-state index contributed by atoms with van der Waals surface area (Å²) in [5.41, 5.74) is 0.590. The molecular weight excluding hydrogens is 279 g/mol. The Kier molecular flexibility index (Phi) is 5.75. The molecule has 0 aliphatic rings. The second kappa shape index (κ2) is 6.85. The van der Waals surface area contributed by atoms with Crippen LogP contribution in [-0.4, -0.2) is 23.0 Å². The minimum absolute atomic E-state index is 0.0347. The van der Waals surface area contributed by atoms with Gasteiger partial charge in [0.15, 0.2) is 0 Å². The van der Waals surface area contributed by atoms with Gasteiger partial charge >= 0.3 is 5.97 Å². The lowest BCUT2D eigenvalue weighted by atomic mass is 10.2. The fourth-order valence-corrected chi connectivity index (χ4v) is 2.90. The summed E-state index contributed by atoms with van der Waals surface area (Å²) in [5, 5.41) is 0.0347. The van der Waals surface area contributed by atoms with E-state index in [9.17, 15) is 13.4 Å². The Bertz CT molecular complexity index is 465. The standard InChI is InChI=1S/C12H14ClFO3S/c1-8(12(15)17-2)6-18(16)7-9-3-4-10(13)11(14)5-9/h3-5,8H,6-7H2,1-2H3. The molecule has 1 rings (SSSR count). The maximum atomic E-state index is 13.2. The van der Waals surface area contributed by atoms with Crippen LogP contribution in [0.2, 0.25) is 5.02 Å². The molecular formula is C12H14ClFO3S. The van der Waals surface area contributed by atoms with E-state index in [0.717, 1.165) is 0 Å². The van der Waals surface area contributed by atoms with Crippen LogP contribution in [0.5, 0.6) is 0 Å². The van der Waals surface area contributed by atoms with E-state index in [1.54, 1.807) is 13.0 Å². The minimum atomic E-state index is -1.25. The summed E-state index contributed by atoms with van der Waals surface area (Å²) in [6.45, 7) is 1.65. The van der Waals surface area contributed by atoms with Crippen LogP contribution in [0.3, 0.4) is 0 Å². The maximum Gasteiger partial charge on any atom is 0.309 e. The quantitative estimate of drug-likeness (QED) is 0.783. The molecule has 0 bridgehead atoms. The van der Waals surface area contributed by atoms with Gasteiger partial charge < -0.3 is 4.74 Å². The van der Waals surface area contributed by atoms with Crippen molar-refractivity contribution < 1.29 is 18.1 Å². The molecule has 100 valence electrons. The van der Waals surface area contributed by atoms with E-state index in [2.05, 4.69) is 4.74 Å². The number of benzene rings is 1. The van der Waals surface area contributed by atoms with Crippen molar-refractivity contribution in [2.24, 2.45) is 5.92 Å². The normalized spacial score (nSPS) is 14.0. The SMILES string of the molecule is COC(=O)C(C)CS(=O)Cc1ccc(Cl)c(F)c1. The third-order valence-corrected chi connectivity index (χ3v) is 4.18. The third-order valence-electron chi connectivity index (χ3n) is 2.35. The van der Waals surface area contributed by atoms with Crippen molar-refractivity contribution in [3.05, 3.63) is 34.6 Å². The molecule has 3 nitrogen and oxygen atoms in total. The number of hydrogen-bond donors (Lipinski definition) is 0. The van der Waals surface area contributed by atoms with Gasteiger partial charge in [-0.1, -0.05) is 24.6 Å². The molecule has 0 aliphatic heterocycles. The van der Waals surface area contributed by atoms with Crippen LogP contribution in [0, 0.1) is 11.7 Å². The van der Waals surface area contributed by atoms with Crippen molar-refractivity contribution in [2.45, 2.75) is 12.7 Å². The van der Waals surface area contributed by atoms with Gasteiger partial charge in [-0.25, -0.2) is 4.39 Å². The molecule has 2 atom stereocenters. The summed E-state index contributed by atoms with van der Waals surface area (Å²) < 4.78 is 29.5. The summed E-state index contributed by atoms with van der Waals surface area (Å²) in [7, 11) is 0.0393. The smallest absolute Gasteiger partial charge is 0.309 e. The van der Waals surface area contributed by atoms with Crippen LogP contribution in [0.1, 0.15) is 12.5 Å². The Balaban J connectivity index is 2.59. The Hall–Kier alpha value is -0.940. The topological polar surface area (TPSA) is 43.4 Å². The van der Waals surface area contributed by atoms with Crippen LogP contribution in [0.15, 0.2) is 18.2 Å². The number of carbonyl (C=O) groups is 1. The van der Waals surface area contributed by atoms with E-state index in [1.165, 1.54) is 19.2 Å². The van der Waals surface area contributed by atoms with Crippen molar-refractivity contribution >= 4 is 28.4 Å². The average molecular weight is 293 g/mol. The summed E-state index contributed by atoms with van der Waals surface area (Å²) in [5.74, 6) is -0.988. The highest BCUT2D eigenvalue weighted by Crippen LogP contribution is 2.17. The van der Waals surface area contributed by atoms with E-state index in [1.807, 2.05) is 0 Å². The molecule has 0 amide bonds. The number of carbonyl (C=O) groups excluding carboxylic acids is 1. The number of hydrogen-bond acceptors (Lipinski definition) is 3. The van der Waals surface area contributed by atoms with Crippen molar-refractivity contribution in [3.63, 3.8) is 0 Å². The van der Waals surface area contributed by atoms with Crippen LogP contribution in [0.4, 0.5) is 4.39 Å². The zero-order chi connectivity index (χ0) is 13.7. The number of halogens is 2. The Labute approximate surface area is 113 Å². The molecule has 0 saturated carbocycles. The molecule has 1 aromatic rings. The third kappa shape index (κ3) is 4.38. The first-order chi connectivity index (χ1) is 8.43. The molecule has 0 radical (unpaired) electrons. The van der Waals surface area contributed by atoms with Crippen molar-refractivity contribution in [2.75, 3.05) is 12.9 Å². The fourth-order valence-electron chi connectivity index (χ4n) is 1.42. The van der Waals surface area contributed by atoms with Crippen LogP contribution in [-0.2, 0) is 26.1 Å². The average Bonchev–Trinajstić information content (AvgIpc) is 2.32. The fraction of sp³-hybridized carbons (Fsp3) is 0.417. The zero-order valence-corrected chi connectivity index (χ0v) is 11.7. The molecule has 1 aromatic carbocycles. The van der Waals surface area contributed by atoms with Crippen LogP contribution >= 0.6 is 11.6 Å². The van der Waals surface area contributed by atoms with E-state index in [-0.39, 0.29) is 16.5 Å². The predicted octanol–water partition coefficient (Wildman–Crippen LogP) is 2.54. The Morgan fingerprint density at radius 3 is 2.78 bits per heavy atom. The molecule has 2 unspecified atom stereocenters. The van der Waals surface area contributed by atoms with Crippen LogP contribution < -0.4 is 0 Å². The molecule has 6 heteroatoms. The first kappa shape index (κ1) is 15.1. The molecule has 0 aliphatic carbocycles. The Morgan fingerprint density at radius 2 is 2.22 bits per heavy atom. The number of ether oxygens (including phenoxy) is 1. The van der Waals surface area contributed by atoms with Gasteiger partial charge in [0, 0.05) is 22.3 Å². The molecule has 0 fully saturated rings. The lowest BCUT2D eigenvalue weighted by Crippen LogP contribution is -2.20. The van der Waals surface area contributed by atoms with Crippen LogP contribution in [0.25, 0.3) is 0 Å². The van der Waals surface area contributed by atoms with Gasteiger partial charge in [-0.15, -0.1) is 0 Å². The van der Waals surface area contributed by atoms with Gasteiger partial charge in [0.25, 0.3) is 0 Å². The van der Waals surface area contributed by atoms with Crippen molar-refractivity contribution in [1.29, 1.82) is 0 Å². The highest BCUT2D eigenvalue weighted by atomic mass is 35.5. The van der Waals surface area contributed by atoms with E-state index < -0.39 is 28.5 Å². The van der Waals surface area contributed by atoms with E-state index in [0.29, 0.717) is 5.56 Å². The monoisotopic (exact) mass is 292 g/mol. The summed E-state index contributed by atoms with van der Waals surface area (Å²) in [6, 6.07) is 4.29. The second-order valence-electron chi connectivity index (χ2n) is 3.92. The zero-order valence-electron chi connectivity index (χ0n) is 10.1. The van der Waals surface area contributed by atoms with Gasteiger partial charge in [0.1, 0.15) is 5.82 Å². The molecule has 0 saturated heterocycles. The molecule has 0 spiro atoms. The van der Waals surface area contributed by atoms with Crippen molar-refractivity contribution in [1.82, 2.24) is 0 Å².